The molecule has 3 aromatic carbocycles. The number of hydrogen-bond acceptors (Lipinski definition) is 4. The Morgan fingerprint density at radius 1 is 0.941 bits per heavy atom. The number of benzene rings is 3. The van der Waals surface area contributed by atoms with E-state index in [2.05, 4.69) is 10.3 Å². The Morgan fingerprint density at radius 3 is 2.38 bits per heavy atom. The Hall–Kier alpha value is -2.48. The van der Waals surface area contributed by atoms with Gasteiger partial charge in [0.2, 0.25) is 0 Å². The van der Waals surface area contributed by atoms with Crippen molar-refractivity contribution in [3.05, 3.63) is 102 Å². The van der Waals surface area contributed by atoms with Crippen LogP contribution in [0.3, 0.4) is 0 Å². The molecule has 1 saturated heterocycles. The van der Waals surface area contributed by atoms with Gasteiger partial charge in [0.05, 0.1) is 9.93 Å². The predicted octanol–water partition coefficient (Wildman–Crippen LogP) is 7.28. The van der Waals surface area contributed by atoms with Crippen molar-refractivity contribution >= 4 is 81.2 Å². The summed E-state index contributed by atoms with van der Waals surface area (Å²) in [5, 5.41) is 4.71. The maximum Gasteiger partial charge on any atom is 0.279 e. The number of amidine groups is 1. The van der Waals surface area contributed by atoms with Crippen LogP contribution in [0.15, 0.2) is 70.6 Å². The Morgan fingerprint density at radius 2 is 1.68 bits per heavy atom. The molecule has 2 amide bonds. The summed E-state index contributed by atoms with van der Waals surface area (Å²) >= 11 is 25.4. The normalized spacial score (nSPS) is 15.6. The molecule has 1 heterocycles. The van der Waals surface area contributed by atoms with Gasteiger partial charge in [-0.2, -0.15) is 4.99 Å². The Balaban J connectivity index is 1.44. The molecule has 10 heteroatoms. The van der Waals surface area contributed by atoms with Gasteiger partial charge < -0.3 is 10.1 Å². The number of nitrogens with one attached hydrogen (secondary N) is 1. The number of rotatable bonds is 5. The minimum atomic E-state index is -0.481. The number of hydrogen-bond donors (Lipinski definition) is 1. The molecule has 0 aromatic heterocycles. The molecule has 3 aromatic rings. The summed E-state index contributed by atoms with van der Waals surface area (Å²) in [5.41, 5.74) is 1.82. The van der Waals surface area contributed by atoms with Crippen molar-refractivity contribution in [3.63, 3.8) is 0 Å². The van der Waals surface area contributed by atoms with Gasteiger partial charge in [0.15, 0.2) is 5.17 Å². The van der Waals surface area contributed by atoms with Crippen molar-refractivity contribution in [2.45, 2.75) is 6.61 Å². The molecule has 34 heavy (non-hydrogen) atoms. The highest BCUT2D eigenvalue weighted by molar-refractivity contribution is 8.18. The second-order valence-electron chi connectivity index (χ2n) is 7.01. The zero-order valence-corrected chi connectivity index (χ0v) is 21.0. The minimum Gasteiger partial charge on any atom is -0.487 e. The standard InChI is InChI=1S/C24H14Cl4N2O3S/c25-16-5-2-14(3-6-16)22(31)29-24-30-23(32)21(34-24)10-13-1-8-20(19(28)9-13)33-12-15-4-7-17(26)11-18(15)27/h1-11H,12H2,(H,29,30,31,32)/b21-10-. The van der Waals surface area contributed by atoms with Gasteiger partial charge in [0.1, 0.15) is 12.4 Å². The first-order chi connectivity index (χ1) is 16.3. The molecule has 0 radical (unpaired) electrons. The zero-order valence-electron chi connectivity index (χ0n) is 17.2. The lowest BCUT2D eigenvalue weighted by molar-refractivity contribution is -0.115. The van der Waals surface area contributed by atoms with E-state index in [0.717, 1.165) is 17.3 Å². The van der Waals surface area contributed by atoms with E-state index in [1.165, 1.54) is 0 Å². The van der Waals surface area contributed by atoms with E-state index < -0.39 is 5.91 Å². The summed E-state index contributed by atoms with van der Waals surface area (Å²) in [6, 6.07) is 16.6. The van der Waals surface area contributed by atoms with Gasteiger partial charge in [0, 0.05) is 26.2 Å². The number of ether oxygens (including phenoxy) is 1. The number of amides is 2. The Bertz CT molecular complexity index is 1340. The van der Waals surface area contributed by atoms with Gasteiger partial charge >= 0.3 is 0 Å². The van der Waals surface area contributed by atoms with Gasteiger partial charge in [0.25, 0.3) is 11.8 Å². The Labute approximate surface area is 219 Å². The third kappa shape index (κ3) is 6.14. The molecular weight excluding hydrogens is 538 g/mol. The van der Waals surface area contributed by atoms with E-state index in [1.54, 1.807) is 66.7 Å². The van der Waals surface area contributed by atoms with Gasteiger partial charge in [-0.15, -0.1) is 0 Å². The van der Waals surface area contributed by atoms with E-state index >= 15 is 0 Å². The maximum absolute atomic E-state index is 12.3. The average Bonchev–Trinajstić information content (AvgIpc) is 3.13. The number of thioether (sulfide) groups is 1. The third-order valence-corrected chi connectivity index (χ3v) is 6.64. The second-order valence-corrected chi connectivity index (χ2v) is 9.73. The summed E-state index contributed by atoms with van der Waals surface area (Å²) in [4.78, 5) is 29.0. The van der Waals surface area contributed by atoms with Crippen LogP contribution in [0.4, 0.5) is 0 Å². The van der Waals surface area contributed by atoms with E-state index in [-0.39, 0.29) is 17.7 Å². The topological polar surface area (TPSA) is 67.8 Å². The lowest BCUT2D eigenvalue weighted by atomic mass is 10.2. The van der Waals surface area contributed by atoms with Gasteiger partial charge in [-0.1, -0.05) is 58.5 Å². The smallest absolute Gasteiger partial charge is 0.279 e. The van der Waals surface area contributed by atoms with Gasteiger partial charge in [-0.25, -0.2) is 0 Å². The fourth-order valence-corrected chi connectivity index (χ4v) is 4.55. The van der Waals surface area contributed by atoms with E-state index in [1.807, 2.05) is 0 Å². The Kier molecular flexibility index (Phi) is 7.86. The average molecular weight is 552 g/mol. The van der Waals surface area contributed by atoms with Crippen LogP contribution in [-0.4, -0.2) is 17.0 Å². The van der Waals surface area contributed by atoms with Crippen molar-refractivity contribution in [1.29, 1.82) is 0 Å². The first-order valence-electron chi connectivity index (χ1n) is 9.74. The molecule has 1 aliphatic rings. The van der Waals surface area contributed by atoms with Crippen LogP contribution in [0.25, 0.3) is 6.08 Å². The van der Waals surface area contributed by atoms with Crippen LogP contribution in [0.1, 0.15) is 21.5 Å². The van der Waals surface area contributed by atoms with Crippen LogP contribution in [-0.2, 0) is 11.4 Å². The fraction of sp³-hybridized carbons (Fsp3) is 0.0417. The molecule has 0 unspecified atom stereocenters. The SMILES string of the molecule is O=C1NC(=NC(=O)c2ccc(Cl)cc2)S/C1=C\c1ccc(OCc2ccc(Cl)cc2Cl)c(Cl)c1. The zero-order chi connectivity index (χ0) is 24.2. The fourth-order valence-electron chi connectivity index (χ4n) is 2.90. The highest BCUT2D eigenvalue weighted by Gasteiger charge is 2.25. The summed E-state index contributed by atoms with van der Waals surface area (Å²) in [5.74, 6) is -0.373. The summed E-state index contributed by atoms with van der Waals surface area (Å²) in [6.07, 6.45) is 1.65. The number of carbonyl (C=O) groups excluding carboxylic acids is 2. The molecule has 0 aliphatic carbocycles. The van der Waals surface area contributed by atoms with Crippen molar-refractivity contribution in [3.8, 4) is 5.75 Å². The largest absolute Gasteiger partial charge is 0.487 e. The summed E-state index contributed by atoms with van der Waals surface area (Å²) in [7, 11) is 0. The van der Waals surface area contributed by atoms with E-state index in [9.17, 15) is 9.59 Å². The van der Waals surface area contributed by atoms with Gasteiger partial charge in [-0.3, -0.25) is 9.59 Å². The van der Waals surface area contributed by atoms with Crippen LogP contribution in [0.5, 0.6) is 5.75 Å². The molecule has 1 fully saturated rings. The van der Waals surface area contributed by atoms with Crippen molar-refractivity contribution in [2.24, 2.45) is 4.99 Å². The molecule has 0 saturated carbocycles. The van der Waals surface area contributed by atoms with Crippen molar-refractivity contribution in [2.75, 3.05) is 0 Å². The third-order valence-electron chi connectivity index (χ3n) is 4.60. The quantitative estimate of drug-likeness (QED) is 0.338. The molecule has 0 spiro atoms. The molecule has 4 rings (SSSR count). The number of aliphatic imine (C=N–C) groups is 1. The van der Waals surface area contributed by atoms with Crippen molar-refractivity contribution < 1.29 is 14.3 Å². The first-order valence-corrected chi connectivity index (χ1v) is 12.1. The molecule has 1 aliphatic heterocycles. The highest BCUT2D eigenvalue weighted by Crippen LogP contribution is 2.31. The van der Waals surface area contributed by atoms with Gasteiger partial charge in [-0.05, 0) is 71.9 Å². The van der Waals surface area contributed by atoms with Crippen LogP contribution < -0.4 is 10.1 Å². The molecule has 5 nitrogen and oxygen atoms in total. The molecular formula is C24H14Cl4N2O3S. The minimum absolute atomic E-state index is 0.196. The van der Waals surface area contributed by atoms with Crippen LogP contribution >= 0.6 is 58.2 Å². The lowest BCUT2D eigenvalue weighted by Crippen LogP contribution is -2.20. The first kappa shape index (κ1) is 24.6. The number of halogens is 4. The van der Waals surface area contributed by atoms with E-state index in [4.69, 9.17) is 51.1 Å². The highest BCUT2D eigenvalue weighted by atomic mass is 35.5. The molecule has 0 atom stereocenters. The second kappa shape index (κ2) is 10.8. The summed E-state index contributed by atoms with van der Waals surface area (Å²) < 4.78 is 5.77. The molecule has 172 valence electrons. The predicted molar refractivity (Wildman–Crippen MR) is 139 cm³/mol. The monoisotopic (exact) mass is 550 g/mol. The maximum atomic E-state index is 12.3. The summed E-state index contributed by atoms with van der Waals surface area (Å²) in [6.45, 7) is 0.218. The van der Waals surface area contributed by atoms with Crippen LogP contribution in [0, 0.1) is 0 Å². The molecule has 0 bridgehead atoms. The van der Waals surface area contributed by atoms with E-state index in [0.29, 0.717) is 41.9 Å². The molecule has 1 N–H and O–H groups in total. The van der Waals surface area contributed by atoms with Crippen LogP contribution in [0.2, 0.25) is 20.1 Å². The number of nitrogens with zero attached hydrogens (tertiary/aromatic N) is 1. The number of carbonyl (C=O) groups is 2. The lowest BCUT2D eigenvalue weighted by Gasteiger charge is -2.10. The van der Waals surface area contributed by atoms with Crippen molar-refractivity contribution in [1.82, 2.24) is 5.32 Å².